The first-order chi connectivity index (χ1) is 15.2. The quantitative estimate of drug-likeness (QED) is 0.578. The van der Waals surface area contributed by atoms with E-state index in [0.29, 0.717) is 12.0 Å². The summed E-state index contributed by atoms with van der Waals surface area (Å²) in [5, 5.41) is 6.74. The average Bonchev–Trinajstić information content (AvgIpc) is 2.83. The third-order valence-electron chi connectivity index (χ3n) is 6.22. The molecule has 0 aromatic heterocycles. The number of anilines is 1. The van der Waals surface area contributed by atoms with E-state index in [1.807, 2.05) is 23.1 Å². The van der Waals surface area contributed by atoms with E-state index < -0.39 is 0 Å². The summed E-state index contributed by atoms with van der Waals surface area (Å²) < 4.78 is 0. The summed E-state index contributed by atoms with van der Waals surface area (Å²) in [5.41, 5.74) is 3.67. The molecule has 0 radical (unpaired) electrons. The molecule has 2 aromatic carbocycles. The predicted octanol–water partition coefficient (Wildman–Crippen LogP) is 2.80. The molecule has 1 amide bonds. The van der Waals surface area contributed by atoms with Gasteiger partial charge in [-0.15, -0.1) is 0 Å². The van der Waals surface area contributed by atoms with Gasteiger partial charge < -0.3 is 15.5 Å². The number of benzene rings is 2. The van der Waals surface area contributed by atoms with Crippen molar-refractivity contribution in [1.29, 1.82) is 0 Å². The van der Waals surface area contributed by atoms with Crippen LogP contribution < -0.4 is 15.5 Å². The highest BCUT2D eigenvalue weighted by Gasteiger charge is 2.23. The summed E-state index contributed by atoms with van der Waals surface area (Å²) >= 11 is 0. The molecule has 4 rings (SSSR count). The first-order valence-corrected chi connectivity index (χ1v) is 11.3. The maximum atomic E-state index is 12.9. The third kappa shape index (κ3) is 5.64. The van der Waals surface area contributed by atoms with Gasteiger partial charge in [0.1, 0.15) is 0 Å². The number of hydrogen-bond donors (Lipinski definition) is 2. The smallest absolute Gasteiger partial charge is 0.246 e. The van der Waals surface area contributed by atoms with Gasteiger partial charge in [-0.3, -0.25) is 14.7 Å². The molecule has 0 unspecified atom stereocenters. The van der Waals surface area contributed by atoms with Crippen molar-refractivity contribution >= 4 is 17.6 Å². The number of likely N-dealkylation sites (tertiary alicyclic amines) is 1. The standard InChI is InChI=1S/C25H33N5O/c1-26-25(27-18-24(31)30-15-7-11-21-10-5-6-12-23(21)30)28-22-13-16-29(17-14-22)19-20-8-3-2-4-9-20/h2-6,8-10,12,22H,7,11,13-19H2,1H3,(H2,26,27,28). The van der Waals surface area contributed by atoms with Gasteiger partial charge in [-0.25, -0.2) is 0 Å². The summed E-state index contributed by atoms with van der Waals surface area (Å²) in [4.78, 5) is 21.6. The van der Waals surface area contributed by atoms with Crippen LogP contribution in [0.4, 0.5) is 5.69 Å². The highest BCUT2D eigenvalue weighted by Crippen LogP contribution is 2.26. The lowest BCUT2D eigenvalue weighted by Gasteiger charge is -2.33. The van der Waals surface area contributed by atoms with E-state index in [1.165, 1.54) is 11.1 Å². The number of nitrogens with one attached hydrogen (secondary N) is 2. The summed E-state index contributed by atoms with van der Waals surface area (Å²) in [6.45, 7) is 4.16. The van der Waals surface area contributed by atoms with Gasteiger partial charge in [0.2, 0.25) is 5.91 Å². The highest BCUT2D eigenvalue weighted by atomic mass is 16.2. The molecule has 164 valence electrons. The minimum absolute atomic E-state index is 0.0905. The number of aryl methyl sites for hydroxylation is 1. The van der Waals surface area contributed by atoms with Gasteiger partial charge in [-0.1, -0.05) is 48.5 Å². The molecule has 2 heterocycles. The van der Waals surface area contributed by atoms with Gasteiger partial charge >= 0.3 is 0 Å². The lowest BCUT2D eigenvalue weighted by molar-refractivity contribution is -0.117. The van der Waals surface area contributed by atoms with Crippen molar-refractivity contribution in [2.24, 2.45) is 4.99 Å². The van der Waals surface area contributed by atoms with Gasteiger partial charge in [0.05, 0.1) is 6.54 Å². The molecule has 2 aliphatic rings. The molecule has 2 aromatic rings. The Hall–Kier alpha value is -2.86. The lowest BCUT2D eigenvalue weighted by atomic mass is 10.0. The number of rotatable bonds is 5. The second kappa shape index (κ2) is 10.4. The zero-order valence-electron chi connectivity index (χ0n) is 18.4. The fraction of sp³-hybridized carbons (Fsp3) is 0.440. The van der Waals surface area contributed by atoms with Crippen LogP contribution in [0.3, 0.4) is 0 Å². The average molecular weight is 420 g/mol. The fourth-order valence-electron chi connectivity index (χ4n) is 4.51. The Labute approximate surface area is 185 Å². The third-order valence-corrected chi connectivity index (χ3v) is 6.22. The van der Waals surface area contributed by atoms with Crippen molar-refractivity contribution in [3.8, 4) is 0 Å². The Morgan fingerprint density at radius 1 is 1.03 bits per heavy atom. The van der Waals surface area contributed by atoms with Crippen LogP contribution in [0.15, 0.2) is 59.6 Å². The van der Waals surface area contributed by atoms with E-state index in [1.54, 1.807) is 7.05 Å². The van der Waals surface area contributed by atoms with Crippen molar-refractivity contribution in [3.63, 3.8) is 0 Å². The lowest BCUT2D eigenvalue weighted by Crippen LogP contribution is -2.51. The molecule has 6 nitrogen and oxygen atoms in total. The van der Waals surface area contributed by atoms with Crippen LogP contribution in [-0.4, -0.2) is 56.0 Å². The van der Waals surface area contributed by atoms with Crippen LogP contribution in [0.5, 0.6) is 0 Å². The number of piperidine rings is 1. The van der Waals surface area contributed by atoms with Crippen molar-refractivity contribution in [1.82, 2.24) is 15.5 Å². The van der Waals surface area contributed by atoms with Gasteiger partial charge in [-0.05, 0) is 42.9 Å². The van der Waals surface area contributed by atoms with E-state index in [-0.39, 0.29) is 12.5 Å². The van der Waals surface area contributed by atoms with Crippen LogP contribution in [0.1, 0.15) is 30.4 Å². The van der Waals surface area contributed by atoms with Crippen LogP contribution in [-0.2, 0) is 17.8 Å². The number of carbonyl (C=O) groups is 1. The van der Waals surface area contributed by atoms with Crippen molar-refractivity contribution in [2.45, 2.75) is 38.3 Å². The van der Waals surface area contributed by atoms with Crippen molar-refractivity contribution < 1.29 is 4.79 Å². The fourth-order valence-corrected chi connectivity index (χ4v) is 4.51. The highest BCUT2D eigenvalue weighted by molar-refractivity contribution is 5.98. The number of amides is 1. The number of aliphatic imine (C=N–C) groups is 1. The number of carbonyl (C=O) groups excluding carboxylic acids is 1. The second-order valence-corrected chi connectivity index (χ2v) is 8.38. The summed E-state index contributed by atoms with van der Waals surface area (Å²) in [5.74, 6) is 0.799. The Bertz CT molecular complexity index is 890. The SMILES string of the molecule is CN=C(NCC(=O)N1CCCc2ccccc21)NC1CCN(Cc2ccccc2)CC1. The largest absolute Gasteiger partial charge is 0.354 e. The molecule has 6 heteroatoms. The molecular formula is C25H33N5O. The topological polar surface area (TPSA) is 60.0 Å². The first kappa shape index (κ1) is 21.4. The number of guanidine groups is 1. The molecule has 1 saturated heterocycles. The van der Waals surface area contributed by atoms with Crippen molar-refractivity contribution in [3.05, 3.63) is 65.7 Å². The molecule has 31 heavy (non-hydrogen) atoms. The van der Waals surface area contributed by atoms with Gasteiger partial charge in [0.15, 0.2) is 5.96 Å². The van der Waals surface area contributed by atoms with Gasteiger partial charge in [-0.2, -0.15) is 0 Å². The van der Waals surface area contributed by atoms with Gasteiger partial charge in [0.25, 0.3) is 0 Å². The Balaban J connectivity index is 1.23. The molecule has 2 N–H and O–H groups in total. The Morgan fingerprint density at radius 3 is 2.55 bits per heavy atom. The summed E-state index contributed by atoms with van der Waals surface area (Å²) in [7, 11) is 1.76. The minimum Gasteiger partial charge on any atom is -0.354 e. The Morgan fingerprint density at radius 2 is 1.77 bits per heavy atom. The number of fused-ring (bicyclic) bond motifs is 1. The summed E-state index contributed by atoms with van der Waals surface area (Å²) in [6.07, 6.45) is 4.19. The molecule has 2 aliphatic heterocycles. The maximum Gasteiger partial charge on any atom is 0.246 e. The normalized spacial score (nSPS) is 17.8. The second-order valence-electron chi connectivity index (χ2n) is 8.38. The van der Waals surface area contributed by atoms with E-state index in [4.69, 9.17) is 0 Å². The molecule has 1 fully saturated rings. The molecule has 0 bridgehead atoms. The van der Waals surface area contributed by atoms with Crippen LogP contribution >= 0.6 is 0 Å². The van der Waals surface area contributed by atoms with E-state index >= 15 is 0 Å². The predicted molar refractivity (Wildman–Crippen MR) is 126 cm³/mol. The maximum absolute atomic E-state index is 12.9. The zero-order valence-corrected chi connectivity index (χ0v) is 18.4. The van der Waals surface area contributed by atoms with Crippen molar-refractivity contribution in [2.75, 3.05) is 38.1 Å². The molecule has 0 aliphatic carbocycles. The van der Waals surface area contributed by atoms with E-state index in [0.717, 1.165) is 57.5 Å². The Kier molecular flexibility index (Phi) is 7.20. The van der Waals surface area contributed by atoms with Gasteiger partial charge in [0, 0.05) is 45.0 Å². The first-order valence-electron chi connectivity index (χ1n) is 11.3. The number of nitrogens with zero attached hydrogens (tertiary/aromatic N) is 3. The number of para-hydroxylation sites is 1. The minimum atomic E-state index is 0.0905. The summed E-state index contributed by atoms with van der Waals surface area (Å²) in [6, 6.07) is 19.2. The zero-order chi connectivity index (χ0) is 21.5. The molecule has 0 atom stereocenters. The van der Waals surface area contributed by atoms with E-state index in [9.17, 15) is 4.79 Å². The van der Waals surface area contributed by atoms with Crippen LogP contribution in [0, 0.1) is 0 Å². The van der Waals surface area contributed by atoms with Crippen LogP contribution in [0.25, 0.3) is 0 Å². The molecule has 0 spiro atoms. The van der Waals surface area contributed by atoms with Crippen LogP contribution in [0.2, 0.25) is 0 Å². The number of hydrogen-bond acceptors (Lipinski definition) is 3. The molecular weight excluding hydrogens is 386 g/mol. The molecule has 0 saturated carbocycles. The van der Waals surface area contributed by atoms with E-state index in [2.05, 4.69) is 56.9 Å². The monoisotopic (exact) mass is 419 g/mol.